The van der Waals surface area contributed by atoms with Crippen molar-refractivity contribution < 1.29 is 14.3 Å². The molecule has 0 saturated heterocycles. The number of aromatic nitrogens is 1. The first kappa shape index (κ1) is 15.9. The lowest BCUT2D eigenvalue weighted by molar-refractivity contribution is 0.0950. The molecule has 2 N–H and O–H groups in total. The third-order valence-electron chi connectivity index (χ3n) is 3.92. The van der Waals surface area contributed by atoms with E-state index in [1.165, 1.54) is 0 Å². The first-order valence-electron chi connectivity index (χ1n) is 7.78. The number of rotatable bonds is 6. The molecule has 1 heterocycles. The number of carbonyl (C=O) groups is 1. The second-order valence-corrected chi connectivity index (χ2v) is 5.47. The summed E-state index contributed by atoms with van der Waals surface area (Å²) in [6.45, 7) is 0.545. The van der Waals surface area contributed by atoms with E-state index < -0.39 is 0 Å². The minimum absolute atomic E-state index is 0.105. The van der Waals surface area contributed by atoms with Crippen molar-refractivity contribution in [2.24, 2.45) is 0 Å². The number of H-pyrrole nitrogens is 1. The summed E-state index contributed by atoms with van der Waals surface area (Å²) in [5.41, 5.74) is 2.61. The smallest absolute Gasteiger partial charge is 0.267 e. The van der Waals surface area contributed by atoms with Crippen LogP contribution >= 0.6 is 0 Å². The number of methoxy groups -OCH3 is 2. The maximum Gasteiger partial charge on any atom is 0.267 e. The maximum absolute atomic E-state index is 12.2. The standard InChI is InChI=1S/C19H20N2O3/c1-23-17-8-7-13(11-18(17)24-2)9-10-20-19(22)16-12-14-5-3-4-6-15(14)21-16/h3-8,11-12,21H,9-10H2,1-2H3,(H,20,22). The molecule has 3 aromatic rings. The number of hydrogen-bond acceptors (Lipinski definition) is 3. The Bertz CT molecular complexity index is 822. The number of amides is 1. The van der Waals surface area contributed by atoms with E-state index in [-0.39, 0.29) is 5.91 Å². The predicted octanol–water partition coefficient (Wildman–Crippen LogP) is 3.16. The Hall–Kier alpha value is -2.95. The van der Waals surface area contributed by atoms with Crippen molar-refractivity contribution in [3.8, 4) is 11.5 Å². The summed E-state index contributed by atoms with van der Waals surface area (Å²) in [6, 6.07) is 15.5. The fourth-order valence-corrected chi connectivity index (χ4v) is 2.65. The maximum atomic E-state index is 12.2. The fraction of sp³-hybridized carbons (Fsp3) is 0.211. The fourth-order valence-electron chi connectivity index (χ4n) is 2.65. The molecule has 0 unspecified atom stereocenters. The van der Waals surface area contributed by atoms with E-state index in [1.807, 2.05) is 48.5 Å². The van der Waals surface area contributed by atoms with Crippen LogP contribution in [0.1, 0.15) is 16.1 Å². The van der Waals surface area contributed by atoms with E-state index in [2.05, 4.69) is 10.3 Å². The Morgan fingerprint density at radius 2 is 1.83 bits per heavy atom. The third-order valence-corrected chi connectivity index (χ3v) is 3.92. The molecular formula is C19H20N2O3. The average molecular weight is 324 g/mol. The minimum Gasteiger partial charge on any atom is -0.493 e. The van der Waals surface area contributed by atoms with E-state index in [0.29, 0.717) is 30.2 Å². The molecule has 0 aliphatic carbocycles. The van der Waals surface area contributed by atoms with Gasteiger partial charge in [-0.25, -0.2) is 0 Å². The second-order valence-electron chi connectivity index (χ2n) is 5.47. The largest absolute Gasteiger partial charge is 0.493 e. The predicted molar refractivity (Wildman–Crippen MR) is 93.9 cm³/mol. The van der Waals surface area contributed by atoms with Crippen LogP contribution in [0.25, 0.3) is 10.9 Å². The molecule has 0 spiro atoms. The number of ether oxygens (including phenoxy) is 2. The summed E-state index contributed by atoms with van der Waals surface area (Å²) in [4.78, 5) is 15.4. The third kappa shape index (κ3) is 3.35. The number of fused-ring (bicyclic) bond motifs is 1. The van der Waals surface area contributed by atoms with E-state index in [0.717, 1.165) is 16.5 Å². The number of para-hydroxylation sites is 1. The van der Waals surface area contributed by atoms with Gasteiger partial charge in [0.25, 0.3) is 5.91 Å². The van der Waals surface area contributed by atoms with Crippen molar-refractivity contribution in [2.45, 2.75) is 6.42 Å². The van der Waals surface area contributed by atoms with Crippen molar-refractivity contribution in [3.63, 3.8) is 0 Å². The van der Waals surface area contributed by atoms with Gasteiger partial charge in [-0.2, -0.15) is 0 Å². The summed E-state index contributed by atoms with van der Waals surface area (Å²) < 4.78 is 10.5. The van der Waals surface area contributed by atoms with Crippen LogP contribution in [0.2, 0.25) is 0 Å². The summed E-state index contributed by atoms with van der Waals surface area (Å²) >= 11 is 0. The molecule has 1 aromatic heterocycles. The van der Waals surface area contributed by atoms with Crippen molar-refractivity contribution in [1.29, 1.82) is 0 Å². The molecule has 124 valence electrons. The molecule has 5 heteroatoms. The van der Waals surface area contributed by atoms with Crippen LogP contribution in [-0.4, -0.2) is 31.7 Å². The Balaban J connectivity index is 1.60. The summed E-state index contributed by atoms with van der Waals surface area (Å²) in [7, 11) is 3.22. The van der Waals surface area contributed by atoms with Gasteiger partial charge in [0.05, 0.1) is 14.2 Å². The number of hydrogen-bond donors (Lipinski definition) is 2. The molecule has 0 radical (unpaired) electrons. The SMILES string of the molecule is COc1ccc(CCNC(=O)c2cc3ccccc3[nH]2)cc1OC. The monoisotopic (exact) mass is 324 g/mol. The lowest BCUT2D eigenvalue weighted by Gasteiger charge is -2.10. The number of nitrogens with one attached hydrogen (secondary N) is 2. The lowest BCUT2D eigenvalue weighted by atomic mass is 10.1. The molecule has 24 heavy (non-hydrogen) atoms. The van der Waals surface area contributed by atoms with E-state index in [9.17, 15) is 4.79 Å². The van der Waals surface area contributed by atoms with Crippen molar-refractivity contribution >= 4 is 16.8 Å². The van der Waals surface area contributed by atoms with Crippen molar-refractivity contribution in [2.75, 3.05) is 20.8 Å². The van der Waals surface area contributed by atoms with Crippen LogP contribution in [0.15, 0.2) is 48.5 Å². The van der Waals surface area contributed by atoms with Crippen molar-refractivity contribution in [1.82, 2.24) is 10.3 Å². The van der Waals surface area contributed by atoms with Gasteiger partial charge in [-0.1, -0.05) is 24.3 Å². The molecule has 2 aromatic carbocycles. The molecule has 5 nitrogen and oxygen atoms in total. The zero-order valence-electron chi connectivity index (χ0n) is 13.8. The molecule has 3 rings (SSSR count). The summed E-state index contributed by atoms with van der Waals surface area (Å²) in [5.74, 6) is 1.28. The first-order valence-corrected chi connectivity index (χ1v) is 7.78. The highest BCUT2D eigenvalue weighted by Gasteiger charge is 2.09. The van der Waals surface area contributed by atoms with Gasteiger partial charge in [0, 0.05) is 17.4 Å². The Morgan fingerprint density at radius 1 is 1.04 bits per heavy atom. The van der Waals surface area contributed by atoms with Gasteiger partial charge in [-0.05, 0) is 36.2 Å². The Morgan fingerprint density at radius 3 is 2.58 bits per heavy atom. The van der Waals surface area contributed by atoms with E-state index in [4.69, 9.17) is 9.47 Å². The first-order chi connectivity index (χ1) is 11.7. The molecule has 0 aliphatic rings. The average Bonchev–Trinajstić information content (AvgIpc) is 3.05. The second kappa shape index (κ2) is 7.08. The molecule has 0 fully saturated rings. The summed E-state index contributed by atoms with van der Waals surface area (Å²) in [5, 5.41) is 3.96. The van der Waals surface area contributed by atoms with Gasteiger partial charge in [-0.3, -0.25) is 4.79 Å². The highest BCUT2D eigenvalue weighted by molar-refractivity contribution is 5.97. The highest BCUT2D eigenvalue weighted by Crippen LogP contribution is 2.27. The van der Waals surface area contributed by atoms with Crippen LogP contribution in [0.4, 0.5) is 0 Å². The van der Waals surface area contributed by atoms with Gasteiger partial charge in [0.15, 0.2) is 11.5 Å². The van der Waals surface area contributed by atoms with Gasteiger partial charge in [-0.15, -0.1) is 0 Å². The lowest BCUT2D eigenvalue weighted by Crippen LogP contribution is -2.25. The van der Waals surface area contributed by atoms with Gasteiger partial charge in [0.2, 0.25) is 0 Å². The highest BCUT2D eigenvalue weighted by atomic mass is 16.5. The Labute approximate surface area is 140 Å². The molecule has 1 amide bonds. The molecule has 0 saturated carbocycles. The van der Waals surface area contributed by atoms with E-state index in [1.54, 1.807) is 14.2 Å². The normalized spacial score (nSPS) is 10.6. The van der Waals surface area contributed by atoms with Crippen LogP contribution in [0.5, 0.6) is 11.5 Å². The summed E-state index contributed by atoms with van der Waals surface area (Å²) in [6.07, 6.45) is 0.715. The molecule has 0 aliphatic heterocycles. The van der Waals surface area contributed by atoms with Crippen LogP contribution < -0.4 is 14.8 Å². The number of benzene rings is 2. The van der Waals surface area contributed by atoms with Crippen molar-refractivity contribution in [3.05, 3.63) is 59.8 Å². The molecule has 0 atom stereocenters. The van der Waals surface area contributed by atoms with Gasteiger partial charge in [0.1, 0.15) is 5.69 Å². The Kier molecular flexibility index (Phi) is 4.70. The quantitative estimate of drug-likeness (QED) is 0.732. The van der Waals surface area contributed by atoms with Gasteiger partial charge >= 0.3 is 0 Å². The van der Waals surface area contributed by atoms with Gasteiger partial charge < -0.3 is 19.8 Å². The topological polar surface area (TPSA) is 63.3 Å². The molecular weight excluding hydrogens is 304 g/mol. The minimum atomic E-state index is -0.105. The number of carbonyl (C=O) groups excluding carboxylic acids is 1. The molecule has 0 bridgehead atoms. The van der Waals surface area contributed by atoms with Crippen LogP contribution in [0.3, 0.4) is 0 Å². The zero-order valence-corrected chi connectivity index (χ0v) is 13.8. The van der Waals surface area contributed by atoms with E-state index >= 15 is 0 Å². The zero-order chi connectivity index (χ0) is 16.9. The van der Waals surface area contributed by atoms with Crippen LogP contribution in [-0.2, 0) is 6.42 Å². The van der Waals surface area contributed by atoms with Crippen LogP contribution in [0, 0.1) is 0 Å². The number of aromatic amines is 1.